The van der Waals surface area contributed by atoms with Crippen molar-refractivity contribution in [1.29, 1.82) is 0 Å². The number of aliphatic hydroxyl groups is 1. The van der Waals surface area contributed by atoms with Crippen LogP contribution in [0.2, 0.25) is 17.1 Å². The van der Waals surface area contributed by atoms with Gasteiger partial charge >= 0.3 is 47.6 Å². The van der Waals surface area contributed by atoms with Crippen molar-refractivity contribution in [3.05, 3.63) is 53.6 Å². The smallest absolute Gasteiger partial charge is 0.460 e. The van der Waals surface area contributed by atoms with Crippen molar-refractivity contribution in [1.82, 2.24) is 5.48 Å². The number of carbonyl (C=O) groups is 1. The van der Waals surface area contributed by atoms with Crippen LogP contribution in [0.4, 0.5) is 74.6 Å². The second kappa shape index (κ2) is 19.1. The Morgan fingerprint density at radius 1 is 0.741 bits per heavy atom. The first-order valence-electron chi connectivity index (χ1n) is 17.1. The lowest BCUT2D eigenvalue weighted by Crippen LogP contribution is -2.74. The first-order valence-corrected chi connectivity index (χ1v) is 19.4. The molecule has 0 spiro atoms. The quantitative estimate of drug-likeness (QED) is 0.0194. The van der Waals surface area contributed by atoms with Crippen LogP contribution in [0.25, 0.3) is 0 Å². The molecule has 0 saturated carbocycles. The van der Waals surface area contributed by atoms with E-state index in [-0.39, 0.29) is 12.4 Å². The zero-order chi connectivity index (χ0) is 45.6. The van der Waals surface area contributed by atoms with E-state index >= 15 is 0 Å². The Bertz CT molecular complexity index is 1540. The number of ether oxygens (including phenoxy) is 1. The molecule has 6 nitrogen and oxygen atoms in total. The molecule has 0 bridgehead atoms. The van der Waals surface area contributed by atoms with Crippen molar-refractivity contribution in [2.75, 3.05) is 13.2 Å². The van der Waals surface area contributed by atoms with E-state index in [4.69, 9.17) is 14.4 Å². The molecule has 0 aliphatic heterocycles. The molecule has 1 atom stereocenters. The molecule has 0 heterocycles. The standard InChI is InChI=1S/C34H42F17NO5Si/c1-20(2)58(21(3)4,57-17-16-56-24-13-11-23(12-14-24)25(53)10-8-6-7-9-22(5)19-26(54)52-55)18-15-27(35,36)28(37,38)29(39,40)30(41,42)31(43,44)32(45,46)33(47,48)34(49,50)51/h7,9,11-14,19-21,25,53,55H,6,8,10,15-18H2,1-5H3,(H,52,54)/b9-7+,22-19+/t25-/m1/s1. The van der Waals surface area contributed by atoms with Gasteiger partial charge in [-0.2, -0.15) is 74.6 Å². The number of unbranched alkanes of at least 4 members (excludes halogenated alkanes) is 1. The number of amides is 1. The number of carbonyl (C=O) groups excluding carboxylic acids is 1. The summed E-state index contributed by atoms with van der Waals surface area (Å²) >= 11 is 0. The van der Waals surface area contributed by atoms with Crippen molar-refractivity contribution in [3.63, 3.8) is 0 Å². The number of nitrogens with one attached hydrogen (secondary N) is 1. The Hall–Kier alpha value is -3.12. The van der Waals surface area contributed by atoms with Crippen molar-refractivity contribution >= 4 is 14.2 Å². The van der Waals surface area contributed by atoms with Crippen LogP contribution in [0.5, 0.6) is 5.75 Å². The molecule has 1 aromatic rings. The number of hydrogen-bond acceptors (Lipinski definition) is 5. The van der Waals surface area contributed by atoms with Gasteiger partial charge in [0.15, 0.2) is 8.32 Å². The van der Waals surface area contributed by atoms with E-state index in [0.717, 1.165) is 6.08 Å². The van der Waals surface area contributed by atoms with Gasteiger partial charge in [0.1, 0.15) is 12.4 Å². The van der Waals surface area contributed by atoms with Crippen LogP contribution in [0.3, 0.4) is 0 Å². The molecule has 1 rings (SSSR count). The third kappa shape index (κ3) is 10.8. The zero-order valence-corrected chi connectivity index (χ0v) is 32.3. The number of allylic oxidation sites excluding steroid dienone is 3. The molecule has 0 fully saturated rings. The van der Waals surface area contributed by atoms with Gasteiger partial charge in [0.05, 0.1) is 12.7 Å². The van der Waals surface area contributed by atoms with Crippen LogP contribution in [0, 0.1) is 0 Å². The fourth-order valence-electron chi connectivity index (χ4n) is 5.68. The number of aliphatic hydroxyl groups excluding tert-OH is 1. The Kier molecular flexibility index (Phi) is 17.4. The maximum atomic E-state index is 14.8. The van der Waals surface area contributed by atoms with Gasteiger partial charge in [0.2, 0.25) is 0 Å². The normalized spacial score (nSPS) is 15.4. The summed E-state index contributed by atoms with van der Waals surface area (Å²) in [5, 5.41) is 19.0. The van der Waals surface area contributed by atoms with E-state index in [2.05, 4.69) is 0 Å². The lowest BCUT2D eigenvalue weighted by atomic mass is 9.88. The summed E-state index contributed by atoms with van der Waals surface area (Å²) in [6, 6.07) is 4.55. The highest BCUT2D eigenvalue weighted by atomic mass is 28.4. The summed E-state index contributed by atoms with van der Waals surface area (Å²) in [5.41, 5.74) is 0.788. The van der Waals surface area contributed by atoms with Crippen LogP contribution in [0.1, 0.15) is 72.0 Å². The Balaban J connectivity index is 3.08. The number of hydroxylamine groups is 1. The number of hydrogen-bond donors (Lipinski definition) is 3. The predicted octanol–water partition coefficient (Wildman–Crippen LogP) is 11.5. The van der Waals surface area contributed by atoms with Crippen LogP contribution >= 0.6 is 0 Å². The molecule has 0 unspecified atom stereocenters. The maximum absolute atomic E-state index is 14.8. The van der Waals surface area contributed by atoms with Crippen molar-refractivity contribution in [2.45, 2.75) is 131 Å². The van der Waals surface area contributed by atoms with Gasteiger partial charge in [-0.15, -0.1) is 0 Å². The number of benzene rings is 1. The van der Waals surface area contributed by atoms with Crippen molar-refractivity contribution in [3.8, 4) is 5.75 Å². The highest BCUT2D eigenvalue weighted by molar-refractivity contribution is 6.76. The van der Waals surface area contributed by atoms with E-state index in [0.29, 0.717) is 30.4 Å². The molecule has 3 N–H and O–H groups in total. The molecule has 0 aliphatic carbocycles. The van der Waals surface area contributed by atoms with Gasteiger partial charge < -0.3 is 14.3 Å². The topological polar surface area (TPSA) is 88.0 Å². The summed E-state index contributed by atoms with van der Waals surface area (Å²) in [6.45, 7) is 6.09. The third-order valence-corrected chi connectivity index (χ3v) is 14.9. The average Bonchev–Trinajstić information content (AvgIpc) is 3.09. The molecule has 0 aliphatic rings. The van der Waals surface area contributed by atoms with E-state index in [1.165, 1.54) is 57.4 Å². The lowest BCUT2D eigenvalue weighted by molar-refractivity contribution is -0.461. The Morgan fingerprint density at radius 3 is 1.66 bits per heavy atom. The van der Waals surface area contributed by atoms with Crippen LogP contribution in [-0.4, -0.2) is 85.4 Å². The second-order valence-corrected chi connectivity index (χ2v) is 18.9. The minimum atomic E-state index is -8.68. The average molecular weight is 896 g/mol. The highest BCUT2D eigenvalue weighted by Gasteiger charge is 2.95. The molecule has 0 aromatic heterocycles. The minimum absolute atomic E-state index is 0.183. The molecule has 0 radical (unpaired) electrons. The SMILES string of the molecule is CC(/C=C/CCC[C@@H](O)c1ccc(OCCO[Si](CCC(F)(F)C(F)(F)C(F)(F)C(F)(F)C(F)(F)C(F)(F)C(F)(F)C(F)(F)F)(C(C)C)C(C)C)cc1)=C\C(=O)NO. The maximum Gasteiger partial charge on any atom is 0.460 e. The molecule has 58 heavy (non-hydrogen) atoms. The second-order valence-electron chi connectivity index (χ2n) is 13.9. The summed E-state index contributed by atoms with van der Waals surface area (Å²) in [7, 11) is -3.94. The Labute approximate surface area is 322 Å². The Morgan fingerprint density at radius 2 is 1.21 bits per heavy atom. The van der Waals surface area contributed by atoms with E-state index < -0.39 is 98.1 Å². The summed E-state index contributed by atoms with van der Waals surface area (Å²) in [6.07, 6.45) is -5.34. The van der Waals surface area contributed by atoms with Gasteiger partial charge in [-0.25, -0.2) is 5.48 Å². The molecule has 1 aromatic carbocycles. The molecular formula is C34H42F17NO5Si. The summed E-state index contributed by atoms with van der Waals surface area (Å²) < 4.78 is 245. The largest absolute Gasteiger partial charge is 0.491 e. The monoisotopic (exact) mass is 895 g/mol. The fraction of sp³-hybridized carbons (Fsp3) is 0.676. The lowest BCUT2D eigenvalue weighted by Gasteiger charge is -2.44. The van der Waals surface area contributed by atoms with Gasteiger partial charge in [-0.1, -0.05) is 52.0 Å². The van der Waals surface area contributed by atoms with E-state index in [1.54, 1.807) is 19.1 Å². The van der Waals surface area contributed by atoms with Gasteiger partial charge in [0.25, 0.3) is 5.91 Å². The molecule has 24 heteroatoms. The van der Waals surface area contributed by atoms with E-state index in [9.17, 15) is 84.5 Å². The zero-order valence-electron chi connectivity index (χ0n) is 31.3. The fourth-order valence-corrected chi connectivity index (χ4v) is 10.2. The first kappa shape index (κ1) is 52.9. The van der Waals surface area contributed by atoms with Gasteiger partial charge in [-0.05, 0) is 66.6 Å². The summed E-state index contributed by atoms with van der Waals surface area (Å²) in [4.78, 5) is 11.1. The van der Waals surface area contributed by atoms with E-state index in [1.807, 2.05) is 0 Å². The first-order chi connectivity index (χ1) is 26.1. The highest BCUT2D eigenvalue weighted by Crippen LogP contribution is 2.64. The number of halogens is 17. The minimum Gasteiger partial charge on any atom is -0.491 e. The van der Waals surface area contributed by atoms with Gasteiger partial charge in [0, 0.05) is 12.5 Å². The molecule has 0 saturated heterocycles. The van der Waals surface area contributed by atoms with Crippen LogP contribution < -0.4 is 10.2 Å². The third-order valence-electron chi connectivity index (χ3n) is 9.26. The summed E-state index contributed by atoms with van der Waals surface area (Å²) in [5.74, 6) is -57.2. The molecular weight excluding hydrogens is 853 g/mol. The van der Waals surface area contributed by atoms with Crippen LogP contribution in [0.15, 0.2) is 48.1 Å². The van der Waals surface area contributed by atoms with Crippen LogP contribution in [-0.2, 0) is 9.22 Å². The molecule has 336 valence electrons. The number of rotatable bonds is 23. The molecule has 1 amide bonds. The van der Waals surface area contributed by atoms with Crippen molar-refractivity contribution < 1.29 is 98.9 Å². The van der Waals surface area contributed by atoms with Gasteiger partial charge in [-0.3, -0.25) is 10.0 Å². The predicted molar refractivity (Wildman–Crippen MR) is 176 cm³/mol. The van der Waals surface area contributed by atoms with Crippen molar-refractivity contribution in [2.24, 2.45) is 0 Å². The number of alkyl halides is 17.